The van der Waals surface area contributed by atoms with Crippen LogP contribution in [0.15, 0.2) is 55.0 Å². The van der Waals surface area contributed by atoms with E-state index in [1.165, 1.54) is 4.88 Å². The Morgan fingerprint density at radius 1 is 0.972 bits per heavy atom. The number of rotatable bonds is 7. The van der Waals surface area contributed by atoms with E-state index in [0.29, 0.717) is 23.9 Å². The number of thiophene rings is 1. The third-order valence-electron chi connectivity index (χ3n) is 5.82. The van der Waals surface area contributed by atoms with Crippen LogP contribution < -0.4 is 4.74 Å². The summed E-state index contributed by atoms with van der Waals surface area (Å²) in [5, 5.41) is 7.61. The number of aryl methyl sites for hydroxylation is 1. The van der Waals surface area contributed by atoms with E-state index in [9.17, 15) is 0 Å². The quantitative estimate of drug-likeness (QED) is 0.322. The lowest BCUT2D eigenvalue weighted by atomic mass is 10.1. The highest BCUT2D eigenvalue weighted by atomic mass is 32.1. The maximum Gasteiger partial charge on any atom is 0.161 e. The van der Waals surface area contributed by atoms with Gasteiger partial charge in [0.25, 0.3) is 0 Å². The van der Waals surface area contributed by atoms with Crippen molar-refractivity contribution in [1.82, 2.24) is 40.0 Å². The van der Waals surface area contributed by atoms with Crippen LogP contribution in [0.25, 0.3) is 55.4 Å². The summed E-state index contributed by atoms with van der Waals surface area (Å²) in [5.74, 6) is 1.35. The summed E-state index contributed by atoms with van der Waals surface area (Å²) in [6.07, 6.45) is 5.30. The number of aromatic amines is 2. The Balaban J connectivity index is 1.37. The topological polar surface area (TPSA) is 108 Å². The van der Waals surface area contributed by atoms with Crippen molar-refractivity contribution in [3.8, 4) is 39.1 Å². The van der Waals surface area contributed by atoms with Crippen molar-refractivity contribution in [2.75, 3.05) is 27.2 Å². The van der Waals surface area contributed by atoms with E-state index in [0.717, 1.165) is 50.4 Å². The number of hydrogen-bond acceptors (Lipinski definition) is 8. The first-order valence-corrected chi connectivity index (χ1v) is 12.4. The zero-order valence-electron chi connectivity index (χ0n) is 20.1. The van der Waals surface area contributed by atoms with Gasteiger partial charge in [0.15, 0.2) is 11.5 Å². The normalized spacial score (nSPS) is 11.7. The van der Waals surface area contributed by atoms with Crippen LogP contribution >= 0.6 is 11.3 Å². The SMILES string of the molecule is Cc1ccc(-c2nccc3[nH]c(-c4n[nH]c5ccc(-c6cncc(OCCN(C)C)c6)nc45)nc23)s1. The van der Waals surface area contributed by atoms with Gasteiger partial charge in [0.05, 0.1) is 27.8 Å². The van der Waals surface area contributed by atoms with Crippen LogP contribution in [0, 0.1) is 6.92 Å². The third kappa shape index (κ3) is 4.21. The monoisotopic (exact) mass is 496 g/mol. The number of H-pyrrole nitrogens is 2. The summed E-state index contributed by atoms with van der Waals surface area (Å²) >= 11 is 1.70. The molecule has 6 heterocycles. The van der Waals surface area contributed by atoms with Crippen LogP contribution in [0.3, 0.4) is 0 Å². The highest BCUT2D eigenvalue weighted by Crippen LogP contribution is 2.33. The molecule has 0 saturated heterocycles. The van der Waals surface area contributed by atoms with Gasteiger partial charge in [-0.3, -0.25) is 15.1 Å². The molecule has 0 fully saturated rings. The van der Waals surface area contributed by atoms with E-state index < -0.39 is 0 Å². The Morgan fingerprint density at radius 3 is 2.69 bits per heavy atom. The van der Waals surface area contributed by atoms with E-state index in [1.807, 2.05) is 38.4 Å². The van der Waals surface area contributed by atoms with Gasteiger partial charge in [-0.05, 0) is 57.4 Å². The molecular formula is C26H24N8OS. The first-order chi connectivity index (χ1) is 17.5. The van der Waals surface area contributed by atoms with Crippen molar-refractivity contribution in [3.05, 3.63) is 59.9 Å². The van der Waals surface area contributed by atoms with Gasteiger partial charge in [0.1, 0.15) is 29.1 Å². The minimum absolute atomic E-state index is 0.588. The van der Waals surface area contributed by atoms with Crippen molar-refractivity contribution in [2.24, 2.45) is 0 Å². The molecule has 0 saturated carbocycles. The molecule has 180 valence electrons. The summed E-state index contributed by atoms with van der Waals surface area (Å²) in [7, 11) is 4.03. The van der Waals surface area contributed by atoms with Gasteiger partial charge in [-0.25, -0.2) is 9.97 Å². The van der Waals surface area contributed by atoms with E-state index in [2.05, 4.69) is 49.1 Å². The zero-order valence-corrected chi connectivity index (χ0v) is 20.9. The summed E-state index contributed by atoms with van der Waals surface area (Å²) in [4.78, 5) is 26.5. The second kappa shape index (κ2) is 9.14. The number of nitrogens with zero attached hydrogens (tertiary/aromatic N) is 6. The molecule has 0 aromatic carbocycles. The molecule has 0 bridgehead atoms. The smallest absolute Gasteiger partial charge is 0.161 e. The molecule has 0 aliphatic heterocycles. The number of hydrogen-bond donors (Lipinski definition) is 2. The number of imidazole rings is 1. The Morgan fingerprint density at radius 2 is 1.86 bits per heavy atom. The zero-order chi connectivity index (χ0) is 24.6. The fraction of sp³-hybridized carbons (Fsp3) is 0.192. The van der Waals surface area contributed by atoms with E-state index in [4.69, 9.17) is 14.7 Å². The molecule has 0 aliphatic rings. The Bertz CT molecular complexity index is 1680. The molecule has 9 nitrogen and oxygen atoms in total. The molecule has 0 aliphatic carbocycles. The Hall–Kier alpha value is -4.15. The van der Waals surface area contributed by atoms with Crippen LogP contribution in [-0.2, 0) is 0 Å². The second-order valence-electron chi connectivity index (χ2n) is 8.78. The fourth-order valence-electron chi connectivity index (χ4n) is 4.00. The number of aromatic nitrogens is 7. The van der Waals surface area contributed by atoms with Gasteiger partial charge in [-0.15, -0.1) is 11.3 Å². The number of pyridine rings is 3. The molecule has 0 spiro atoms. The molecule has 2 N–H and O–H groups in total. The minimum Gasteiger partial charge on any atom is -0.491 e. The maximum absolute atomic E-state index is 5.86. The van der Waals surface area contributed by atoms with Crippen molar-refractivity contribution in [1.29, 1.82) is 0 Å². The Kier molecular flexibility index (Phi) is 5.67. The fourth-order valence-corrected chi connectivity index (χ4v) is 4.86. The molecule has 10 heteroatoms. The van der Waals surface area contributed by atoms with E-state index in [1.54, 1.807) is 29.9 Å². The predicted molar refractivity (Wildman–Crippen MR) is 142 cm³/mol. The van der Waals surface area contributed by atoms with Crippen LogP contribution in [0.2, 0.25) is 0 Å². The largest absolute Gasteiger partial charge is 0.491 e. The van der Waals surface area contributed by atoms with Crippen molar-refractivity contribution < 1.29 is 4.74 Å². The van der Waals surface area contributed by atoms with E-state index in [-0.39, 0.29) is 0 Å². The maximum atomic E-state index is 5.86. The molecular weight excluding hydrogens is 472 g/mol. The summed E-state index contributed by atoms with van der Waals surface area (Å²) in [5.41, 5.74) is 6.44. The lowest BCUT2D eigenvalue weighted by molar-refractivity contribution is 0.261. The van der Waals surface area contributed by atoms with Crippen LogP contribution in [0.1, 0.15) is 4.88 Å². The molecule has 6 aromatic heterocycles. The van der Waals surface area contributed by atoms with Gasteiger partial charge < -0.3 is 14.6 Å². The first-order valence-electron chi connectivity index (χ1n) is 11.5. The van der Waals surface area contributed by atoms with Crippen LogP contribution in [-0.4, -0.2) is 67.3 Å². The second-order valence-corrected chi connectivity index (χ2v) is 10.1. The standard InChI is InChI=1S/C26H24N8OS/c1-15-4-7-21(36-15)24-22-19(8-9-28-24)30-26(31-22)25-23-20(32-33-25)6-5-18(29-23)16-12-17(14-27-13-16)35-11-10-34(2)3/h4-9,12-14H,10-11H2,1-3H3,(H,30,31)(H,32,33). The van der Waals surface area contributed by atoms with Crippen molar-refractivity contribution in [3.63, 3.8) is 0 Å². The minimum atomic E-state index is 0.588. The molecule has 36 heavy (non-hydrogen) atoms. The molecule has 6 aromatic rings. The highest BCUT2D eigenvalue weighted by molar-refractivity contribution is 7.15. The van der Waals surface area contributed by atoms with E-state index >= 15 is 0 Å². The Labute approximate surface area is 211 Å². The summed E-state index contributed by atoms with van der Waals surface area (Å²) in [6.45, 7) is 3.50. The number of likely N-dealkylation sites (N-methyl/N-ethyl adjacent to an activating group) is 1. The van der Waals surface area contributed by atoms with Gasteiger partial charge in [0.2, 0.25) is 0 Å². The lowest BCUT2D eigenvalue weighted by Crippen LogP contribution is -2.19. The van der Waals surface area contributed by atoms with Crippen molar-refractivity contribution in [2.45, 2.75) is 6.92 Å². The predicted octanol–water partition coefficient (Wildman–Crippen LogP) is 4.94. The van der Waals surface area contributed by atoms with Crippen LogP contribution in [0.4, 0.5) is 0 Å². The van der Waals surface area contributed by atoms with Crippen molar-refractivity contribution >= 4 is 33.4 Å². The molecule has 0 atom stereocenters. The number of nitrogens with one attached hydrogen (secondary N) is 2. The average molecular weight is 497 g/mol. The molecule has 0 radical (unpaired) electrons. The highest BCUT2D eigenvalue weighted by Gasteiger charge is 2.18. The summed E-state index contributed by atoms with van der Waals surface area (Å²) in [6, 6.07) is 12.0. The number of ether oxygens (including phenoxy) is 1. The van der Waals surface area contributed by atoms with Gasteiger partial charge in [0, 0.05) is 29.4 Å². The van der Waals surface area contributed by atoms with Crippen LogP contribution in [0.5, 0.6) is 5.75 Å². The van der Waals surface area contributed by atoms with Gasteiger partial charge >= 0.3 is 0 Å². The molecule has 0 unspecified atom stereocenters. The first kappa shape index (κ1) is 22.3. The van der Waals surface area contributed by atoms with Gasteiger partial charge in [-0.1, -0.05) is 0 Å². The lowest BCUT2D eigenvalue weighted by Gasteiger charge is -2.11. The summed E-state index contributed by atoms with van der Waals surface area (Å²) < 4.78 is 5.86. The van der Waals surface area contributed by atoms with Gasteiger partial charge in [-0.2, -0.15) is 5.10 Å². The average Bonchev–Trinajstić information content (AvgIpc) is 3.61. The number of fused-ring (bicyclic) bond motifs is 2. The molecule has 0 amide bonds. The molecule has 6 rings (SSSR count). The third-order valence-corrected chi connectivity index (χ3v) is 6.83.